The maximum absolute atomic E-state index is 13.2. The number of carbonyl (C=O) groups is 1. The van der Waals surface area contributed by atoms with E-state index in [1.165, 1.54) is 36.1 Å². The molecule has 44 heavy (non-hydrogen) atoms. The second-order valence-corrected chi connectivity index (χ2v) is 20.7. The first kappa shape index (κ1) is 32.0. The number of hydrogen-bond donors (Lipinski definition) is 2. The van der Waals surface area contributed by atoms with Crippen LogP contribution in [0.3, 0.4) is 0 Å². The van der Waals surface area contributed by atoms with Crippen molar-refractivity contribution in [2.24, 2.45) is 11.8 Å². The first-order valence-corrected chi connectivity index (χ1v) is 20.4. The maximum atomic E-state index is 13.2. The van der Waals surface area contributed by atoms with Gasteiger partial charge in [-0.25, -0.2) is 4.72 Å². The van der Waals surface area contributed by atoms with Crippen LogP contribution in [0.4, 0.5) is 5.69 Å². The molecule has 4 aliphatic rings. The largest absolute Gasteiger partial charge is 0.490 e. The lowest BCUT2D eigenvalue weighted by Crippen LogP contribution is -2.52. The Morgan fingerprint density at radius 1 is 1.16 bits per heavy atom. The maximum Gasteiger partial charge on any atom is 0.262 e. The van der Waals surface area contributed by atoms with Crippen LogP contribution in [0, 0.1) is 11.8 Å². The Bertz CT molecular complexity index is 1410. The van der Waals surface area contributed by atoms with Crippen molar-refractivity contribution in [2.45, 2.75) is 88.9 Å². The van der Waals surface area contributed by atoms with Crippen molar-refractivity contribution in [3.8, 4) is 5.75 Å². The third-order valence-electron chi connectivity index (χ3n) is 10.8. The van der Waals surface area contributed by atoms with Gasteiger partial charge in [0, 0.05) is 47.8 Å². The number of rotatable bonds is 2. The summed E-state index contributed by atoms with van der Waals surface area (Å²) in [6.07, 6.45) is 11.2. The van der Waals surface area contributed by atoms with E-state index >= 15 is 0 Å². The minimum absolute atomic E-state index is 0.103. The summed E-state index contributed by atoms with van der Waals surface area (Å²) in [6, 6.07) is 12.3. The smallest absolute Gasteiger partial charge is 0.262 e. The molecule has 0 saturated heterocycles. The van der Waals surface area contributed by atoms with E-state index in [2.05, 4.69) is 72.5 Å². The monoisotopic (exact) mass is 653 g/mol. The van der Waals surface area contributed by atoms with Crippen LogP contribution in [0.2, 0.25) is 23.2 Å². The number of fused-ring (bicyclic) bond motifs is 4. The fourth-order valence-electron chi connectivity index (χ4n) is 7.14. The highest BCUT2D eigenvalue weighted by Crippen LogP contribution is 2.48. The van der Waals surface area contributed by atoms with E-state index < -0.39 is 8.32 Å². The Balaban J connectivity index is 1.38. The molecule has 2 bridgehead atoms. The molecule has 0 unspecified atom stereocenters. The van der Waals surface area contributed by atoms with Crippen LogP contribution in [0.5, 0.6) is 5.75 Å². The number of nitrogens with one attached hydrogen (secondary N) is 2. The number of aryl methyl sites for hydroxylation is 1. The summed E-state index contributed by atoms with van der Waals surface area (Å²) in [5.41, 5.74) is 4.22. The summed E-state index contributed by atoms with van der Waals surface area (Å²) in [7, 11) is -1.98. The molecule has 6 nitrogen and oxygen atoms in total. The summed E-state index contributed by atoms with van der Waals surface area (Å²) in [4.78, 5) is 15.7. The number of hydrogen-bond acceptors (Lipinski definition) is 6. The van der Waals surface area contributed by atoms with Gasteiger partial charge in [-0.2, -0.15) is 0 Å². The molecule has 238 valence electrons. The third kappa shape index (κ3) is 6.48. The van der Waals surface area contributed by atoms with Crippen LogP contribution in [0.25, 0.3) is 0 Å². The van der Waals surface area contributed by atoms with Gasteiger partial charge in [-0.15, -0.1) is 0 Å². The topological polar surface area (TPSA) is 62.8 Å². The average Bonchev–Trinajstić information content (AvgIpc) is 3.10. The number of benzene rings is 2. The predicted octanol–water partition coefficient (Wildman–Crippen LogP) is 8.07. The van der Waals surface area contributed by atoms with E-state index in [9.17, 15) is 4.79 Å². The van der Waals surface area contributed by atoms with Gasteiger partial charge < -0.3 is 14.1 Å². The molecule has 1 spiro atoms. The summed E-state index contributed by atoms with van der Waals surface area (Å²) < 4.78 is 20.1. The molecule has 2 aliphatic heterocycles. The zero-order valence-corrected chi connectivity index (χ0v) is 29.5. The number of amides is 1. The lowest BCUT2D eigenvalue weighted by Gasteiger charge is -2.48. The molecule has 1 saturated carbocycles. The van der Waals surface area contributed by atoms with Crippen molar-refractivity contribution in [3.63, 3.8) is 0 Å². The van der Waals surface area contributed by atoms with E-state index in [4.69, 9.17) is 20.8 Å². The Morgan fingerprint density at radius 2 is 2.00 bits per heavy atom. The highest BCUT2D eigenvalue weighted by Gasteiger charge is 2.46. The molecular formula is C35H48ClN3O3SSi. The Hall–Kier alpha value is -1.97. The second kappa shape index (κ2) is 12.7. The van der Waals surface area contributed by atoms with Crippen LogP contribution < -0.4 is 19.1 Å². The van der Waals surface area contributed by atoms with Gasteiger partial charge in [-0.05, 0) is 110 Å². The van der Waals surface area contributed by atoms with Crippen molar-refractivity contribution in [2.75, 3.05) is 31.1 Å². The minimum Gasteiger partial charge on any atom is -0.490 e. The normalized spacial score (nSPS) is 28.5. The molecule has 2 N–H and O–H groups in total. The van der Waals surface area contributed by atoms with Crippen LogP contribution in [-0.2, 0) is 16.3 Å². The number of halogens is 1. The van der Waals surface area contributed by atoms with E-state index in [1.54, 1.807) is 0 Å². The highest BCUT2D eigenvalue weighted by molar-refractivity contribution is 7.96. The van der Waals surface area contributed by atoms with Crippen molar-refractivity contribution in [3.05, 3.63) is 70.3 Å². The Labute approximate surface area is 274 Å². The quantitative estimate of drug-likeness (QED) is 0.194. The van der Waals surface area contributed by atoms with E-state index in [0.717, 1.165) is 61.8 Å². The molecule has 2 aromatic carbocycles. The molecule has 2 heterocycles. The van der Waals surface area contributed by atoms with Crippen LogP contribution in [0.1, 0.15) is 74.4 Å². The molecule has 0 aromatic heterocycles. The van der Waals surface area contributed by atoms with Gasteiger partial charge in [0.15, 0.2) is 8.32 Å². The van der Waals surface area contributed by atoms with Crippen molar-refractivity contribution >= 4 is 43.6 Å². The highest BCUT2D eigenvalue weighted by atomic mass is 35.5. The lowest BCUT2D eigenvalue weighted by atomic mass is 9.68. The van der Waals surface area contributed by atoms with Gasteiger partial charge in [0.25, 0.3) is 5.91 Å². The number of nitrogens with zero attached hydrogens (tertiary/aromatic N) is 1. The summed E-state index contributed by atoms with van der Waals surface area (Å²) in [6.45, 7) is 14.9. The standard InChI is InChI=1S/C35H48ClN3O3SSi/c1-34(2,3)44(4,5)42-31-10-6-7-18-37-43-38-33(40)25-12-16-32-30(20-25)39(21-26-11-14-28(26)31)22-35(23-41-32)17-8-9-24-19-27(36)13-15-29(24)35/h6,10,12-13,15-16,19-20,26,28,31,37H,7-9,11,14,17-18,21-23H2,1-5H3,(H,38,40)/b10-6-/t26-,28+,31-,35-/m0/s1. The summed E-state index contributed by atoms with van der Waals surface area (Å²) in [5, 5.41) is 0.942. The molecule has 0 radical (unpaired) electrons. The predicted molar refractivity (Wildman–Crippen MR) is 185 cm³/mol. The Kier molecular flexibility index (Phi) is 9.21. The van der Waals surface area contributed by atoms with Gasteiger partial charge in [0.2, 0.25) is 0 Å². The molecule has 2 aromatic rings. The van der Waals surface area contributed by atoms with Gasteiger partial charge >= 0.3 is 0 Å². The minimum atomic E-state index is -1.98. The molecule has 1 fully saturated rings. The van der Waals surface area contributed by atoms with Crippen LogP contribution >= 0.6 is 23.7 Å². The number of ether oxygens (including phenoxy) is 1. The van der Waals surface area contributed by atoms with Crippen molar-refractivity contribution < 1.29 is 14.0 Å². The molecule has 6 rings (SSSR count). The second-order valence-electron chi connectivity index (χ2n) is 14.8. The van der Waals surface area contributed by atoms with Gasteiger partial charge in [-0.3, -0.25) is 9.52 Å². The zero-order chi connectivity index (χ0) is 31.1. The van der Waals surface area contributed by atoms with E-state index in [0.29, 0.717) is 24.0 Å². The van der Waals surface area contributed by atoms with Crippen LogP contribution in [-0.4, -0.2) is 46.6 Å². The number of carbonyl (C=O) groups excluding carboxylic acids is 1. The zero-order valence-electron chi connectivity index (χ0n) is 26.9. The van der Waals surface area contributed by atoms with Gasteiger partial charge in [-0.1, -0.05) is 50.6 Å². The molecule has 9 heteroatoms. The SMILES string of the molecule is CC(C)(C)[Si](C)(C)O[C@H]1/C=C\CCNSNC(=O)c2ccc3c(c2)N(C[C@@H]2CC[C@H]21)C[C@@]1(CCCc2cc(Cl)ccc21)CO3. The summed E-state index contributed by atoms with van der Waals surface area (Å²) in [5.74, 6) is 1.71. The lowest BCUT2D eigenvalue weighted by molar-refractivity contribution is 0.0524. The molecule has 1 amide bonds. The van der Waals surface area contributed by atoms with Crippen molar-refractivity contribution in [1.29, 1.82) is 0 Å². The molecular weight excluding hydrogens is 606 g/mol. The number of anilines is 1. The van der Waals surface area contributed by atoms with Gasteiger partial charge in [0.05, 0.1) is 18.4 Å². The molecule has 2 aliphatic carbocycles. The fraction of sp³-hybridized carbons (Fsp3) is 0.571. The first-order chi connectivity index (χ1) is 21.0. The van der Waals surface area contributed by atoms with E-state index in [-0.39, 0.29) is 22.5 Å². The van der Waals surface area contributed by atoms with Gasteiger partial charge in [0.1, 0.15) is 5.75 Å². The first-order valence-electron chi connectivity index (χ1n) is 16.3. The molecule has 4 atom stereocenters. The fourth-order valence-corrected chi connectivity index (χ4v) is 9.13. The average molecular weight is 654 g/mol. The van der Waals surface area contributed by atoms with Crippen LogP contribution in [0.15, 0.2) is 48.6 Å². The summed E-state index contributed by atoms with van der Waals surface area (Å²) >= 11 is 7.72. The van der Waals surface area contributed by atoms with Crippen molar-refractivity contribution in [1.82, 2.24) is 9.44 Å². The van der Waals surface area contributed by atoms with E-state index in [1.807, 2.05) is 24.3 Å². The third-order valence-corrected chi connectivity index (χ3v) is 16.2. The Morgan fingerprint density at radius 3 is 2.77 bits per heavy atom.